The summed E-state index contributed by atoms with van der Waals surface area (Å²) in [4.78, 5) is 13.3. The van der Waals surface area contributed by atoms with Gasteiger partial charge in [0.25, 0.3) is 0 Å². The molecule has 106 valence electrons. The second-order valence-corrected chi connectivity index (χ2v) is 4.37. The van der Waals surface area contributed by atoms with Gasteiger partial charge in [-0.1, -0.05) is 19.1 Å². The Balaban J connectivity index is 2.22. The Kier molecular flexibility index (Phi) is 6.89. The number of likely N-dealkylation sites (N-methyl/N-ethyl adjacent to an activating group) is 1. The highest BCUT2D eigenvalue weighted by Gasteiger charge is 2.06. The molecule has 0 spiro atoms. The molecule has 0 radical (unpaired) electrons. The molecule has 4 nitrogen and oxygen atoms in total. The molecule has 0 atom stereocenters. The molecule has 0 fully saturated rings. The van der Waals surface area contributed by atoms with E-state index >= 15 is 0 Å². The van der Waals surface area contributed by atoms with Crippen LogP contribution in [0, 0.1) is 5.82 Å². The molecule has 1 rings (SSSR count). The molecule has 0 unspecified atom stereocenters. The second kappa shape index (κ2) is 8.48. The van der Waals surface area contributed by atoms with Crippen LogP contribution in [0.3, 0.4) is 0 Å². The molecule has 0 bridgehead atoms. The first-order chi connectivity index (χ1) is 9.13. The fraction of sp³-hybridized carbons (Fsp3) is 0.500. The van der Waals surface area contributed by atoms with Crippen LogP contribution in [0.4, 0.5) is 4.39 Å². The van der Waals surface area contributed by atoms with Gasteiger partial charge in [0.05, 0.1) is 6.54 Å². The SMILES string of the molecule is CCCNC(=O)CN(C)CCOc1ccccc1F. The predicted molar refractivity (Wildman–Crippen MR) is 72.7 cm³/mol. The van der Waals surface area contributed by atoms with Crippen molar-refractivity contribution in [2.24, 2.45) is 0 Å². The molecule has 5 heteroatoms. The molecular formula is C14H21FN2O2. The smallest absolute Gasteiger partial charge is 0.234 e. The van der Waals surface area contributed by atoms with E-state index in [0.717, 1.165) is 6.42 Å². The average Bonchev–Trinajstić information content (AvgIpc) is 2.38. The van der Waals surface area contributed by atoms with Crippen molar-refractivity contribution in [3.63, 3.8) is 0 Å². The fourth-order valence-electron chi connectivity index (χ4n) is 1.52. The molecule has 1 aromatic carbocycles. The molecular weight excluding hydrogens is 247 g/mol. The summed E-state index contributed by atoms with van der Waals surface area (Å²) >= 11 is 0. The lowest BCUT2D eigenvalue weighted by atomic mass is 10.3. The van der Waals surface area contributed by atoms with E-state index in [1.54, 1.807) is 18.2 Å². The highest BCUT2D eigenvalue weighted by molar-refractivity contribution is 5.77. The summed E-state index contributed by atoms with van der Waals surface area (Å²) in [6, 6.07) is 6.28. The summed E-state index contributed by atoms with van der Waals surface area (Å²) in [6.45, 7) is 3.93. The Hall–Kier alpha value is -1.62. The predicted octanol–water partition coefficient (Wildman–Crippen LogP) is 1.66. The number of carbonyl (C=O) groups excluding carboxylic acids is 1. The van der Waals surface area contributed by atoms with E-state index in [0.29, 0.717) is 26.2 Å². The largest absolute Gasteiger partial charge is 0.489 e. The van der Waals surface area contributed by atoms with Gasteiger partial charge in [-0.3, -0.25) is 9.69 Å². The van der Waals surface area contributed by atoms with Crippen molar-refractivity contribution < 1.29 is 13.9 Å². The van der Waals surface area contributed by atoms with E-state index in [1.165, 1.54) is 6.07 Å². The van der Waals surface area contributed by atoms with E-state index in [-0.39, 0.29) is 17.5 Å². The van der Waals surface area contributed by atoms with Gasteiger partial charge in [-0.05, 0) is 25.6 Å². The molecule has 0 aliphatic rings. The van der Waals surface area contributed by atoms with Crippen LogP contribution in [0.15, 0.2) is 24.3 Å². The van der Waals surface area contributed by atoms with Crippen molar-refractivity contribution in [3.8, 4) is 5.75 Å². The Labute approximate surface area is 113 Å². The molecule has 1 amide bonds. The third kappa shape index (κ3) is 6.20. The summed E-state index contributed by atoms with van der Waals surface area (Å²) in [5.74, 6) is -0.132. The average molecular weight is 268 g/mol. The maximum absolute atomic E-state index is 13.3. The lowest BCUT2D eigenvalue weighted by Gasteiger charge is -2.16. The first-order valence-corrected chi connectivity index (χ1v) is 6.46. The van der Waals surface area contributed by atoms with Crippen LogP contribution in [0.1, 0.15) is 13.3 Å². The number of rotatable bonds is 8. The van der Waals surface area contributed by atoms with E-state index < -0.39 is 0 Å². The lowest BCUT2D eigenvalue weighted by molar-refractivity contribution is -0.122. The van der Waals surface area contributed by atoms with Gasteiger partial charge >= 0.3 is 0 Å². The summed E-state index contributed by atoms with van der Waals surface area (Å²) in [7, 11) is 1.83. The topological polar surface area (TPSA) is 41.6 Å². The monoisotopic (exact) mass is 268 g/mol. The third-order valence-electron chi connectivity index (χ3n) is 2.55. The van der Waals surface area contributed by atoms with Crippen LogP contribution in [0.25, 0.3) is 0 Å². The number of amides is 1. The van der Waals surface area contributed by atoms with Gasteiger partial charge in [-0.25, -0.2) is 4.39 Å². The van der Waals surface area contributed by atoms with E-state index in [9.17, 15) is 9.18 Å². The van der Waals surface area contributed by atoms with Crippen LogP contribution in [-0.4, -0.2) is 44.1 Å². The van der Waals surface area contributed by atoms with Crippen LogP contribution in [-0.2, 0) is 4.79 Å². The van der Waals surface area contributed by atoms with Gasteiger partial charge in [0.2, 0.25) is 5.91 Å². The zero-order valence-electron chi connectivity index (χ0n) is 11.5. The van der Waals surface area contributed by atoms with Gasteiger partial charge in [0.1, 0.15) is 6.61 Å². The van der Waals surface area contributed by atoms with Crippen molar-refractivity contribution in [3.05, 3.63) is 30.1 Å². The van der Waals surface area contributed by atoms with E-state index in [2.05, 4.69) is 5.32 Å². The minimum Gasteiger partial charge on any atom is -0.489 e. The van der Waals surface area contributed by atoms with Crippen LogP contribution in [0.2, 0.25) is 0 Å². The van der Waals surface area contributed by atoms with Crippen molar-refractivity contribution in [1.29, 1.82) is 0 Å². The van der Waals surface area contributed by atoms with E-state index in [4.69, 9.17) is 4.74 Å². The molecule has 0 aliphatic heterocycles. The van der Waals surface area contributed by atoms with Crippen LogP contribution >= 0.6 is 0 Å². The summed E-state index contributed by atoms with van der Waals surface area (Å²) in [6.07, 6.45) is 0.922. The Morgan fingerprint density at radius 1 is 1.42 bits per heavy atom. The molecule has 0 aromatic heterocycles. The van der Waals surface area contributed by atoms with E-state index in [1.807, 2.05) is 18.9 Å². The summed E-state index contributed by atoms with van der Waals surface area (Å²) in [5.41, 5.74) is 0. The Bertz CT molecular complexity index is 399. The van der Waals surface area contributed by atoms with Gasteiger partial charge in [0, 0.05) is 13.1 Å². The second-order valence-electron chi connectivity index (χ2n) is 4.37. The number of hydrogen-bond donors (Lipinski definition) is 1. The molecule has 0 saturated heterocycles. The quantitative estimate of drug-likeness (QED) is 0.779. The standard InChI is InChI=1S/C14H21FN2O2/c1-3-8-16-14(18)11-17(2)9-10-19-13-7-5-4-6-12(13)15/h4-7H,3,8-11H2,1-2H3,(H,16,18). The maximum Gasteiger partial charge on any atom is 0.234 e. The highest BCUT2D eigenvalue weighted by Crippen LogP contribution is 2.14. The molecule has 19 heavy (non-hydrogen) atoms. The van der Waals surface area contributed by atoms with Crippen molar-refractivity contribution in [2.75, 3.05) is 33.3 Å². The number of halogens is 1. The number of nitrogens with zero attached hydrogens (tertiary/aromatic N) is 1. The van der Waals surface area contributed by atoms with Crippen molar-refractivity contribution in [1.82, 2.24) is 10.2 Å². The molecule has 1 aromatic rings. The number of nitrogens with one attached hydrogen (secondary N) is 1. The van der Waals surface area contributed by atoms with Gasteiger partial charge in [-0.2, -0.15) is 0 Å². The normalized spacial score (nSPS) is 10.5. The minimum absolute atomic E-state index is 0.00441. The zero-order chi connectivity index (χ0) is 14.1. The highest BCUT2D eigenvalue weighted by atomic mass is 19.1. The Morgan fingerprint density at radius 3 is 2.84 bits per heavy atom. The fourth-order valence-corrected chi connectivity index (χ4v) is 1.52. The number of hydrogen-bond acceptors (Lipinski definition) is 3. The Morgan fingerprint density at radius 2 is 2.16 bits per heavy atom. The summed E-state index contributed by atoms with van der Waals surface area (Å²) < 4.78 is 18.6. The lowest BCUT2D eigenvalue weighted by Crippen LogP contribution is -2.37. The van der Waals surface area contributed by atoms with Gasteiger partial charge in [0.15, 0.2) is 11.6 Å². The minimum atomic E-state index is -0.370. The number of para-hydroxylation sites is 1. The van der Waals surface area contributed by atoms with Crippen LogP contribution < -0.4 is 10.1 Å². The summed E-state index contributed by atoms with van der Waals surface area (Å²) in [5, 5.41) is 2.80. The van der Waals surface area contributed by atoms with Gasteiger partial charge < -0.3 is 10.1 Å². The van der Waals surface area contributed by atoms with Crippen molar-refractivity contribution >= 4 is 5.91 Å². The first kappa shape index (κ1) is 15.4. The molecule has 0 aliphatic carbocycles. The molecule has 0 saturated carbocycles. The molecule has 1 N–H and O–H groups in total. The van der Waals surface area contributed by atoms with Gasteiger partial charge in [-0.15, -0.1) is 0 Å². The number of ether oxygens (including phenoxy) is 1. The zero-order valence-corrected chi connectivity index (χ0v) is 11.5. The third-order valence-corrected chi connectivity index (χ3v) is 2.55. The number of carbonyl (C=O) groups is 1. The number of benzene rings is 1. The maximum atomic E-state index is 13.3. The van der Waals surface area contributed by atoms with Crippen LogP contribution in [0.5, 0.6) is 5.75 Å². The van der Waals surface area contributed by atoms with Crippen molar-refractivity contribution in [2.45, 2.75) is 13.3 Å². The molecule has 0 heterocycles. The first-order valence-electron chi connectivity index (χ1n) is 6.46.